The number of amides is 1. The summed E-state index contributed by atoms with van der Waals surface area (Å²) in [7, 11) is 2.09. The number of nitrogens with zero attached hydrogens (tertiary/aromatic N) is 3. The van der Waals surface area contributed by atoms with E-state index in [0.717, 1.165) is 55.5 Å². The number of hydrogen-bond donors (Lipinski definition) is 1. The number of hydrogen-bond acceptors (Lipinski definition) is 4. The topological polar surface area (TPSA) is 73.7 Å². The summed E-state index contributed by atoms with van der Waals surface area (Å²) in [5.74, 6) is -0.425. The van der Waals surface area contributed by atoms with Crippen molar-refractivity contribution >= 4 is 28.5 Å². The third kappa shape index (κ3) is 4.75. The average molecular weight is 418 g/mol. The minimum atomic E-state index is -0.946. The lowest BCUT2D eigenvalue weighted by atomic mass is 9.99. The SMILES string of the molecule is CN1CCC(C(=O)N2CCCc3ccccc32)C1.O=C(O)c1cnc2ccccc2c1. The van der Waals surface area contributed by atoms with Crippen molar-refractivity contribution in [1.82, 2.24) is 9.88 Å². The van der Waals surface area contributed by atoms with E-state index in [1.807, 2.05) is 35.2 Å². The lowest BCUT2D eigenvalue weighted by molar-refractivity contribution is -0.122. The van der Waals surface area contributed by atoms with Crippen LogP contribution in [-0.4, -0.2) is 53.5 Å². The highest BCUT2D eigenvalue weighted by Crippen LogP contribution is 2.29. The summed E-state index contributed by atoms with van der Waals surface area (Å²) in [4.78, 5) is 31.5. The Morgan fingerprint density at radius 2 is 1.84 bits per heavy atom. The van der Waals surface area contributed by atoms with Gasteiger partial charge in [-0.25, -0.2) is 4.79 Å². The number of carbonyl (C=O) groups is 2. The highest BCUT2D eigenvalue weighted by Gasteiger charge is 2.32. The van der Waals surface area contributed by atoms with Crippen LogP contribution in [-0.2, 0) is 11.2 Å². The smallest absolute Gasteiger partial charge is 0.337 e. The van der Waals surface area contributed by atoms with Crippen molar-refractivity contribution in [3.63, 3.8) is 0 Å². The molecule has 2 aromatic carbocycles. The first-order valence-electron chi connectivity index (χ1n) is 10.7. The Kier molecular flexibility index (Phi) is 6.28. The predicted octanol–water partition coefficient (Wildman–Crippen LogP) is 3.85. The van der Waals surface area contributed by atoms with Crippen LogP contribution in [0.25, 0.3) is 10.9 Å². The summed E-state index contributed by atoms with van der Waals surface area (Å²) in [5, 5.41) is 9.55. The molecule has 5 rings (SSSR count). The van der Waals surface area contributed by atoms with Crippen LogP contribution >= 0.6 is 0 Å². The number of pyridine rings is 1. The van der Waals surface area contributed by atoms with Gasteiger partial charge in [0.1, 0.15) is 0 Å². The predicted molar refractivity (Wildman–Crippen MR) is 121 cm³/mol. The summed E-state index contributed by atoms with van der Waals surface area (Å²) in [5.41, 5.74) is 3.50. The molecule has 0 bridgehead atoms. The summed E-state index contributed by atoms with van der Waals surface area (Å²) >= 11 is 0. The van der Waals surface area contributed by atoms with E-state index in [1.165, 1.54) is 11.8 Å². The maximum Gasteiger partial charge on any atom is 0.337 e. The monoisotopic (exact) mass is 417 g/mol. The molecule has 1 saturated heterocycles. The summed E-state index contributed by atoms with van der Waals surface area (Å²) in [6, 6.07) is 17.4. The number of rotatable bonds is 2. The number of para-hydroxylation sites is 2. The molecule has 6 nitrogen and oxygen atoms in total. The van der Waals surface area contributed by atoms with Crippen LogP contribution in [0.15, 0.2) is 60.8 Å². The second-order valence-corrected chi connectivity index (χ2v) is 8.19. The van der Waals surface area contributed by atoms with Crippen molar-refractivity contribution in [2.45, 2.75) is 19.3 Å². The van der Waals surface area contributed by atoms with E-state index < -0.39 is 5.97 Å². The van der Waals surface area contributed by atoms with Gasteiger partial charge in [0.15, 0.2) is 0 Å². The number of aromatic carboxylic acids is 1. The number of anilines is 1. The fourth-order valence-corrected chi connectivity index (χ4v) is 4.31. The molecule has 3 heterocycles. The number of aryl methyl sites for hydroxylation is 1. The van der Waals surface area contributed by atoms with Gasteiger partial charge in [-0.2, -0.15) is 0 Å². The second kappa shape index (κ2) is 9.27. The molecule has 1 atom stereocenters. The number of carboxylic acids is 1. The molecule has 2 aliphatic heterocycles. The molecule has 0 radical (unpaired) electrons. The first kappa shape index (κ1) is 21.0. The summed E-state index contributed by atoms with van der Waals surface area (Å²) in [6.45, 7) is 2.85. The van der Waals surface area contributed by atoms with Crippen LogP contribution in [0.5, 0.6) is 0 Å². The van der Waals surface area contributed by atoms with E-state index in [0.29, 0.717) is 5.91 Å². The molecule has 0 saturated carbocycles. The van der Waals surface area contributed by atoms with Gasteiger partial charge in [0, 0.05) is 30.4 Å². The summed E-state index contributed by atoms with van der Waals surface area (Å²) < 4.78 is 0. The van der Waals surface area contributed by atoms with E-state index in [-0.39, 0.29) is 11.5 Å². The number of fused-ring (bicyclic) bond motifs is 2. The maximum absolute atomic E-state index is 12.6. The Labute approximate surface area is 182 Å². The molecule has 1 fully saturated rings. The normalized spacial score (nSPS) is 18.2. The lowest BCUT2D eigenvalue weighted by Gasteiger charge is -2.31. The highest BCUT2D eigenvalue weighted by molar-refractivity contribution is 5.96. The molecule has 1 amide bonds. The molecule has 31 heavy (non-hydrogen) atoms. The van der Waals surface area contributed by atoms with Crippen molar-refractivity contribution in [3.05, 3.63) is 71.9 Å². The number of carboxylic acid groups (broad SMARTS) is 1. The second-order valence-electron chi connectivity index (χ2n) is 8.19. The van der Waals surface area contributed by atoms with E-state index in [2.05, 4.69) is 35.1 Å². The van der Waals surface area contributed by atoms with Crippen LogP contribution < -0.4 is 4.90 Å². The van der Waals surface area contributed by atoms with E-state index >= 15 is 0 Å². The largest absolute Gasteiger partial charge is 0.478 e. The fraction of sp³-hybridized carbons (Fsp3) is 0.320. The zero-order chi connectivity index (χ0) is 21.8. The third-order valence-electron chi connectivity index (χ3n) is 5.95. The minimum absolute atomic E-state index is 0.196. The van der Waals surface area contributed by atoms with Crippen molar-refractivity contribution in [3.8, 4) is 0 Å². The Hall–Kier alpha value is -3.25. The molecular weight excluding hydrogens is 390 g/mol. The van der Waals surface area contributed by atoms with Gasteiger partial charge in [-0.05, 0) is 56.6 Å². The van der Waals surface area contributed by atoms with Gasteiger partial charge in [0.25, 0.3) is 0 Å². The first-order valence-corrected chi connectivity index (χ1v) is 10.7. The molecule has 0 spiro atoms. The minimum Gasteiger partial charge on any atom is -0.478 e. The third-order valence-corrected chi connectivity index (χ3v) is 5.95. The van der Waals surface area contributed by atoms with Crippen LogP contribution in [0.2, 0.25) is 0 Å². The van der Waals surface area contributed by atoms with Gasteiger partial charge in [-0.3, -0.25) is 9.78 Å². The van der Waals surface area contributed by atoms with Gasteiger partial charge in [-0.15, -0.1) is 0 Å². The van der Waals surface area contributed by atoms with Gasteiger partial charge in [0.05, 0.1) is 17.0 Å². The summed E-state index contributed by atoms with van der Waals surface area (Å²) in [6.07, 6.45) is 4.56. The number of carbonyl (C=O) groups excluding carboxylic acids is 1. The van der Waals surface area contributed by atoms with Crippen molar-refractivity contribution in [1.29, 1.82) is 0 Å². The van der Waals surface area contributed by atoms with Crippen molar-refractivity contribution < 1.29 is 14.7 Å². The first-order chi connectivity index (χ1) is 15.0. The maximum atomic E-state index is 12.6. The van der Waals surface area contributed by atoms with Crippen molar-refractivity contribution in [2.24, 2.45) is 5.92 Å². The standard InChI is InChI=1S/C15H20N2O.C10H7NO2/c1-16-10-8-13(11-16)15(18)17-9-4-6-12-5-2-3-7-14(12)17;12-10(13)8-5-7-3-1-2-4-9(7)11-6-8/h2-3,5,7,13H,4,6,8-11H2,1H3;1-6H,(H,12,13). The van der Waals surface area contributed by atoms with Gasteiger partial charge in [0.2, 0.25) is 5.91 Å². The lowest BCUT2D eigenvalue weighted by Crippen LogP contribution is -2.40. The fourth-order valence-electron chi connectivity index (χ4n) is 4.31. The Balaban J connectivity index is 0.000000158. The molecule has 160 valence electrons. The molecule has 6 heteroatoms. The van der Waals surface area contributed by atoms with Crippen LogP contribution in [0.3, 0.4) is 0 Å². The van der Waals surface area contributed by atoms with Crippen LogP contribution in [0, 0.1) is 5.92 Å². The number of likely N-dealkylation sites (tertiary alicyclic amines) is 1. The zero-order valence-electron chi connectivity index (χ0n) is 17.7. The number of aromatic nitrogens is 1. The van der Waals surface area contributed by atoms with Crippen LogP contribution in [0.1, 0.15) is 28.8 Å². The molecule has 1 aromatic heterocycles. The number of benzene rings is 2. The zero-order valence-corrected chi connectivity index (χ0v) is 17.7. The van der Waals surface area contributed by atoms with Crippen molar-refractivity contribution in [2.75, 3.05) is 31.6 Å². The molecule has 1 unspecified atom stereocenters. The average Bonchev–Trinajstić information content (AvgIpc) is 3.24. The molecule has 1 N–H and O–H groups in total. The quantitative estimate of drug-likeness (QED) is 0.686. The van der Waals surface area contributed by atoms with E-state index in [9.17, 15) is 9.59 Å². The molecule has 2 aliphatic rings. The van der Waals surface area contributed by atoms with Gasteiger partial charge < -0.3 is 14.9 Å². The highest BCUT2D eigenvalue weighted by atomic mass is 16.4. The molecular formula is C25H27N3O3. The van der Waals surface area contributed by atoms with Gasteiger partial charge >= 0.3 is 5.97 Å². The molecule has 3 aromatic rings. The van der Waals surface area contributed by atoms with Gasteiger partial charge in [-0.1, -0.05) is 36.4 Å². The Morgan fingerprint density at radius 3 is 2.61 bits per heavy atom. The molecule has 0 aliphatic carbocycles. The Morgan fingerprint density at radius 1 is 1.06 bits per heavy atom. The van der Waals surface area contributed by atoms with E-state index in [1.54, 1.807) is 6.07 Å². The van der Waals surface area contributed by atoms with Crippen LogP contribution in [0.4, 0.5) is 5.69 Å². The van der Waals surface area contributed by atoms with E-state index in [4.69, 9.17) is 5.11 Å². The Bertz CT molecular complexity index is 1100.